The van der Waals surface area contributed by atoms with Crippen LogP contribution in [0.2, 0.25) is 0 Å². The molecule has 0 N–H and O–H groups in total. The predicted molar refractivity (Wildman–Crippen MR) is 128 cm³/mol. The van der Waals surface area contributed by atoms with Gasteiger partial charge in [-0.3, -0.25) is 4.79 Å². The Morgan fingerprint density at radius 2 is 1.82 bits per heavy atom. The maximum absolute atomic E-state index is 11.6. The molecule has 0 bridgehead atoms. The lowest BCUT2D eigenvalue weighted by atomic mass is 9.43. The van der Waals surface area contributed by atoms with Gasteiger partial charge in [0.25, 0.3) is 0 Å². The Labute approximate surface area is 200 Å². The number of hydrogen-bond donors (Lipinski definition) is 0. The van der Waals surface area contributed by atoms with Gasteiger partial charge in [-0.25, -0.2) is 0 Å². The number of rotatable bonds is 6. The van der Waals surface area contributed by atoms with E-state index in [0.29, 0.717) is 29.5 Å². The molecule has 4 aliphatic carbocycles. The molecule has 2 spiro atoms. The van der Waals surface area contributed by atoms with Crippen LogP contribution in [0.1, 0.15) is 106 Å². The normalized spacial score (nSPS) is 54.4. The minimum atomic E-state index is -0.136. The van der Waals surface area contributed by atoms with E-state index in [1.807, 2.05) is 0 Å². The van der Waals surface area contributed by atoms with Crippen molar-refractivity contribution in [2.24, 2.45) is 40.4 Å². The van der Waals surface area contributed by atoms with Gasteiger partial charge in [-0.2, -0.15) is 0 Å². The van der Waals surface area contributed by atoms with Gasteiger partial charge in [0.15, 0.2) is 0 Å². The lowest BCUT2D eigenvalue weighted by Crippen LogP contribution is -2.66. The second kappa shape index (κ2) is 7.21. The highest BCUT2D eigenvalue weighted by Crippen LogP contribution is 2.83. The fourth-order valence-corrected chi connectivity index (χ4v) is 10.4. The van der Waals surface area contributed by atoms with Gasteiger partial charge in [0, 0.05) is 12.3 Å². The molecule has 1 unspecified atom stereocenters. The zero-order chi connectivity index (χ0) is 23.4. The maximum atomic E-state index is 11.6. The summed E-state index contributed by atoms with van der Waals surface area (Å²) in [6.07, 6.45) is 13.0. The lowest BCUT2D eigenvalue weighted by Gasteiger charge is -2.57. The highest BCUT2D eigenvalue weighted by molar-refractivity contribution is 5.66. The first-order chi connectivity index (χ1) is 15.6. The first-order valence-corrected chi connectivity index (χ1v) is 14.1. The van der Waals surface area contributed by atoms with E-state index in [9.17, 15) is 4.79 Å². The van der Waals surface area contributed by atoms with Crippen LogP contribution in [0.3, 0.4) is 0 Å². The summed E-state index contributed by atoms with van der Waals surface area (Å²) in [6, 6.07) is 0. The van der Waals surface area contributed by atoms with Crippen LogP contribution >= 0.6 is 0 Å². The van der Waals surface area contributed by atoms with Crippen molar-refractivity contribution < 1.29 is 19.0 Å². The average Bonchev–Trinajstić information content (AvgIpc) is 3.59. The number of carbonyl (C=O) groups excluding carboxylic acids is 1. The van der Waals surface area contributed by atoms with Crippen molar-refractivity contribution in [3.63, 3.8) is 0 Å². The number of fused-ring (bicyclic) bond motifs is 2. The Kier molecular flexibility index (Phi) is 4.99. The number of hydrogen-bond acceptors (Lipinski definition) is 4. The molecule has 11 atom stereocenters. The van der Waals surface area contributed by atoms with Crippen LogP contribution in [-0.2, 0) is 19.0 Å². The molecule has 6 fully saturated rings. The number of ether oxygens (including phenoxy) is 3. The number of esters is 1. The van der Waals surface area contributed by atoms with Crippen LogP contribution in [0.25, 0.3) is 0 Å². The average molecular weight is 459 g/mol. The fourth-order valence-electron chi connectivity index (χ4n) is 10.4. The zero-order valence-corrected chi connectivity index (χ0v) is 21.8. The van der Waals surface area contributed by atoms with Crippen molar-refractivity contribution in [2.75, 3.05) is 0 Å². The molecule has 33 heavy (non-hydrogen) atoms. The molecule has 4 heteroatoms. The first kappa shape index (κ1) is 22.8. The van der Waals surface area contributed by atoms with E-state index in [2.05, 4.69) is 34.6 Å². The molecule has 6 aliphatic rings. The Morgan fingerprint density at radius 1 is 1.03 bits per heavy atom. The molecule has 6 rings (SSSR count). The summed E-state index contributed by atoms with van der Waals surface area (Å²) in [4.78, 5) is 11.6. The monoisotopic (exact) mass is 458 g/mol. The summed E-state index contributed by atoms with van der Waals surface area (Å²) >= 11 is 0. The third-order valence-electron chi connectivity index (χ3n) is 11.9. The van der Waals surface area contributed by atoms with Crippen LogP contribution < -0.4 is 0 Å². The maximum Gasteiger partial charge on any atom is 0.302 e. The third kappa shape index (κ3) is 2.86. The van der Waals surface area contributed by atoms with Crippen molar-refractivity contribution in [2.45, 2.75) is 135 Å². The van der Waals surface area contributed by atoms with Crippen molar-refractivity contribution in [3.8, 4) is 0 Å². The second-order valence-electron chi connectivity index (χ2n) is 13.8. The van der Waals surface area contributed by atoms with Crippen LogP contribution in [-0.4, -0.2) is 35.5 Å². The standard InChI is InChI=1S/C29H46O4/c1-17(2)8-7-9-18(3)22-10-11-23-26(22,5)16-25-29(33-25)27(6)13-12-21(31-19(4)30)14-20(27)15-24-28(23,29)32-24/h17-18,20-25H,7-16H2,1-6H3/t18-,20?,21+,22-,23-,24-,25-,26-,27+,28-,29+/m1/s1. The summed E-state index contributed by atoms with van der Waals surface area (Å²) < 4.78 is 19.5. The Morgan fingerprint density at radius 3 is 2.55 bits per heavy atom. The summed E-state index contributed by atoms with van der Waals surface area (Å²) in [6.45, 7) is 13.9. The molecule has 0 amide bonds. The minimum Gasteiger partial charge on any atom is -0.463 e. The van der Waals surface area contributed by atoms with E-state index < -0.39 is 0 Å². The summed E-state index contributed by atoms with van der Waals surface area (Å²) in [7, 11) is 0. The van der Waals surface area contributed by atoms with E-state index in [1.165, 1.54) is 38.5 Å². The van der Waals surface area contributed by atoms with Crippen LogP contribution in [0.4, 0.5) is 0 Å². The predicted octanol–water partition coefficient (Wildman–Crippen LogP) is 6.30. The molecule has 4 saturated carbocycles. The van der Waals surface area contributed by atoms with Gasteiger partial charge >= 0.3 is 5.97 Å². The van der Waals surface area contributed by atoms with Crippen molar-refractivity contribution in [1.82, 2.24) is 0 Å². The Balaban J connectivity index is 1.24. The summed E-state index contributed by atoms with van der Waals surface area (Å²) in [5, 5.41) is 0. The van der Waals surface area contributed by atoms with E-state index in [-0.39, 0.29) is 28.7 Å². The summed E-state index contributed by atoms with van der Waals surface area (Å²) in [5.41, 5.74) is 0.406. The van der Waals surface area contributed by atoms with Gasteiger partial charge < -0.3 is 14.2 Å². The molecule has 2 saturated heterocycles. The van der Waals surface area contributed by atoms with Gasteiger partial charge in [-0.15, -0.1) is 0 Å². The minimum absolute atomic E-state index is 0.0312. The van der Waals surface area contributed by atoms with Crippen molar-refractivity contribution in [3.05, 3.63) is 0 Å². The smallest absolute Gasteiger partial charge is 0.302 e. The van der Waals surface area contributed by atoms with Crippen LogP contribution in [0, 0.1) is 40.4 Å². The van der Waals surface area contributed by atoms with Crippen molar-refractivity contribution in [1.29, 1.82) is 0 Å². The highest BCUT2D eigenvalue weighted by Gasteiger charge is 2.94. The van der Waals surface area contributed by atoms with E-state index in [4.69, 9.17) is 14.2 Å². The lowest BCUT2D eigenvalue weighted by molar-refractivity contribution is -0.156. The van der Waals surface area contributed by atoms with Gasteiger partial charge in [-0.1, -0.05) is 53.9 Å². The number of carbonyl (C=O) groups is 1. The van der Waals surface area contributed by atoms with E-state index in [1.54, 1.807) is 6.92 Å². The van der Waals surface area contributed by atoms with Gasteiger partial charge in [-0.05, 0) is 80.0 Å². The highest BCUT2D eigenvalue weighted by atomic mass is 16.7. The topological polar surface area (TPSA) is 51.4 Å². The van der Waals surface area contributed by atoms with Crippen molar-refractivity contribution >= 4 is 5.97 Å². The largest absolute Gasteiger partial charge is 0.463 e. The first-order valence-electron chi connectivity index (χ1n) is 14.1. The third-order valence-corrected chi connectivity index (χ3v) is 11.9. The molecule has 0 aromatic rings. The summed E-state index contributed by atoms with van der Waals surface area (Å²) in [5.74, 6) is 3.47. The molecule has 186 valence electrons. The molecule has 0 aromatic carbocycles. The van der Waals surface area contributed by atoms with Gasteiger partial charge in [0.1, 0.15) is 17.3 Å². The second-order valence-corrected chi connectivity index (χ2v) is 13.8. The molecular weight excluding hydrogens is 412 g/mol. The van der Waals surface area contributed by atoms with Gasteiger partial charge in [0.05, 0.1) is 12.2 Å². The molecule has 0 aromatic heterocycles. The van der Waals surface area contributed by atoms with Crippen LogP contribution in [0.15, 0.2) is 0 Å². The Hall–Kier alpha value is -0.610. The van der Waals surface area contributed by atoms with E-state index >= 15 is 0 Å². The quantitative estimate of drug-likeness (QED) is 0.346. The molecule has 2 aliphatic heterocycles. The zero-order valence-electron chi connectivity index (χ0n) is 21.8. The van der Waals surface area contributed by atoms with E-state index in [0.717, 1.165) is 43.4 Å². The van der Waals surface area contributed by atoms with Gasteiger partial charge in [0.2, 0.25) is 0 Å². The molecule has 2 heterocycles. The molecular formula is C29H46O4. The molecule has 4 nitrogen and oxygen atoms in total. The Bertz CT molecular complexity index is 824. The SMILES string of the molecule is CC(=O)O[C@H]1CC[C@@]2(C)C(C1)C[C@H]1O[C@]13[C@@H]1CC[C@H]([C@H](C)CCCC(C)C)[C@@]1(C)C[C@H]1O[C@]132. The number of epoxide rings is 2. The fraction of sp³-hybridized carbons (Fsp3) is 0.966. The van der Waals surface area contributed by atoms with Crippen LogP contribution in [0.5, 0.6) is 0 Å². The molecule has 0 radical (unpaired) electrons.